The molecule has 0 heterocycles. The van der Waals surface area contributed by atoms with Gasteiger partial charge in [0, 0.05) is 0 Å². The Hall–Kier alpha value is -2.87. The molecule has 0 N–H and O–H groups in total. The van der Waals surface area contributed by atoms with Crippen LogP contribution in [-0.2, 0) is 11.3 Å². The zero-order valence-corrected chi connectivity index (χ0v) is 12.2. The van der Waals surface area contributed by atoms with Gasteiger partial charge in [0.15, 0.2) is 0 Å². The van der Waals surface area contributed by atoms with E-state index in [0.717, 1.165) is 21.9 Å². The van der Waals surface area contributed by atoms with Gasteiger partial charge >= 0.3 is 5.97 Å². The second kappa shape index (κ2) is 6.27. The largest absolute Gasteiger partial charge is 0.457 e. The molecule has 0 bridgehead atoms. The number of benzene rings is 3. The van der Waals surface area contributed by atoms with Gasteiger partial charge in [-0.2, -0.15) is 0 Å². The number of esters is 1. The molecule has 0 amide bonds. The van der Waals surface area contributed by atoms with Crippen LogP contribution in [0.15, 0.2) is 73.3 Å². The normalized spacial score (nSPS) is 10.4. The van der Waals surface area contributed by atoms with Crippen molar-refractivity contribution in [3.8, 4) is 0 Å². The van der Waals surface area contributed by atoms with Gasteiger partial charge in [0.2, 0.25) is 0 Å². The van der Waals surface area contributed by atoms with Crippen molar-refractivity contribution in [3.05, 3.63) is 90.0 Å². The van der Waals surface area contributed by atoms with Gasteiger partial charge in [-0.3, -0.25) is 0 Å². The molecule has 0 aliphatic heterocycles. The third-order valence-electron chi connectivity index (χ3n) is 3.57. The van der Waals surface area contributed by atoms with Gasteiger partial charge in [0.05, 0.1) is 5.56 Å². The Labute approximate surface area is 129 Å². The first-order valence-corrected chi connectivity index (χ1v) is 7.13. The molecule has 0 spiro atoms. The quantitative estimate of drug-likeness (QED) is 0.642. The van der Waals surface area contributed by atoms with Crippen molar-refractivity contribution in [2.75, 3.05) is 0 Å². The van der Waals surface area contributed by atoms with E-state index in [1.54, 1.807) is 12.1 Å². The summed E-state index contributed by atoms with van der Waals surface area (Å²) in [6, 6.07) is 21.3. The minimum atomic E-state index is -0.307. The maximum absolute atomic E-state index is 12.1. The minimum absolute atomic E-state index is 0.267. The average molecular weight is 288 g/mol. The molecule has 0 aliphatic carbocycles. The van der Waals surface area contributed by atoms with Crippen molar-refractivity contribution in [2.24, 2.45) is 0 Å². The van der Waals surface area contributed by atoms with Crippen LogP contribution < -0.4 is 0 Å². The summed E-state index contributed by atoms with van der Waals surface area (Å²) in [6.45, 7) is 3.98. The summed E-state index contributed by atoms with van der Waals surface area (Å²) >= 11 is 0. The lowest BCUT2D eigenvalue weighted by Crippen LogP contribution is -2.05. The van der Waals surface area contributed by atoms with Crippen LogP contribution in [0, 0.1) is 0 Å². The Morgan fingerprint density at radius 3 is 2.41 bits per heavy atom. The first-order valence-electron chi connectivity index (χ1n) is 7.13. The Bertz CT molecular complexity index is 816. The van der Waals surface area contributed by atoms with E-state index < -0.39 is 0 Å². The average Bonchev–Trinajstić information content (AvgIpc) is 2.59. The zero-order chi connectivity index (χ0) is 15.4. The predicted octanol–water partition coefficient (Wildman–Crippen LogP) is 4.84. The van der Waals surface area contributed by atoms with Gasteiger partial charge in [-0.15, -0.1) is 0 Å². The van der Waals surface area contributed by atoms with Crippen molar-refractivity contribution in [1.29, 1.82) is 0 Å². The number of carbonyl (C=O) groups excluding carboxylic acids is 1. The molecule has 3 rings (SSSR count). The second-order valence-corrected chi connectivity index (χ2v) is 5.08. The molecule has 3 aromatic carbocycles. The van der Waals surface area contributed by atoms with Gasteiger partial charge in [-0.1, -0.05) is 67.3 Å². The van der Waals surface area contributed by atoms with Crippen LogP contribution in [0.4, 0.5) is 0 Å². The minimum Gasteiger partial charge on any atom is -0.457 e. The summed E-state index contributed by atoms with van der Waals surface area (Å²) in [6.07, 6.45) is 1.78. The maximum Gasteiger partial charge on any atom is 0.338 e. The molecule has 2 nitrogen and oxygen atoms in total. The molecule has 0 saturated carbocycles. The molecule has 0 atom stereocenters. The van der Waals surface area contributed by atoms with Gasteiger partial charge in [0.1, 0.15) is 6.61 Å². The highest BCUT2D eigenvalue weighted by molar-refractivity contribution is 5.95. The Morgan fingerprint density at radius 2 is 1.68 bits per heavy atom. The first-order chi connectivity index (χ1) is 10.8. The predicted molar refractivity (Wildman–Crippen MR) is 89.6 cm³/mol. The molecule has 0 aromatic heterocycles. The van der Waals surface area contributed by atoms with E-state index in [4.69, 9.17) is 4.74 Å². The second-order valence-electron chi connectivity index (χ2n) is 5.08. The standard InChI is InChI=1S/C20H16O2/c1-2-15-7-9-16(10-8-15)14-22-20(21)19-12-11-17-5-3-4-6-18(17)13-19/h2-13H,1,14H2. The molecule has 2 heteroatoms. The van der Waals surface area contributed by atoms with E-state index in [1.807, 2.05) is 60.7 Å². The van der Waals surface area contributed by atoms with Crippen molar-refractivity contribution >= 4 is 22.8 Å². The van der Waals surface area contributed by atoms with Gasteiger partial charge in [-0.05, 0) is 34.0 Å². The lowest BCUT2D eigenvalue weighted by atomic mass is 10.1. The highest BCUT2D eigenvalue weighted by atomic mass is 16.5. The topological polar surface area (TPSA) is 26.3 Å². The summed E-state index contributed by atoms with van der Waals surface area (Å²) < 4.78 is 5.37. The lowest BCUT2D eigenvalue weighted by Gasteiger charge is -2.06. The highest BCUT2D eigenvalue weighted by Crippen LogP contribution is 2.17. The van der Waals surface area contributed by atoms with Crippen molar-refractivity contribution < 1.29 is 9.53 Å². The van der Waals surface area contributed by atoms with E-state index in [0.29, 0.717) is 5.56 Å². The van der Waals surface area contributed by atoms with Crippen molar-refractivity contribution in [3.63, 3.8) is 0 Å². The summed E-state index contributed by atoms with van der Waals surface area (Å²) in [5.74, 6) is -0.307. The van der Waals surface area contributed by atoms with Crippen LogP contribution in [0.5, 0.6) is 0 Å². The Morgan fingerprint density at radius 1 is 0.955 bits per heavy atom. The summed E-state index contributed by atoms with van der Waals surface area (Å²) in [7, 11) is 0. The maximum atomic E-state index is 12.1. The van der Waals surface area contributed by atoms with Crippen LogP contribution in [0.2, 0.25) is 0 Å². The van der Waals surface area contributed by atoms with Crippen LogP contribution in [0.1, 0.15) is 21.5 Å². The fourth-order valence-corrected chi connectivity index (χ4v) is 2.30. The number of rotatable bonds is 4. The first kappa shape index (κ1) is 14.1. The lowest BCUT2D eigenvalue weighted by molar-refractivity contribution is 0.0473. The molecule has 108 valence electrons. The van der Waals surface area contributed by atoms with Gasteiger partial charge in [-0.25, -0.2) is 4.79 Å². The molecule has 0 radical (unpaired) electrons. The molecule has 0 fully saturated rings. The number of ether oxygens (including phenoxy) is 1. The summed E-state index contributed by atoms with van der Waals surface area (Å²) in [4.78, 5) is 12.1. The van der Waals surface area contributed by atoms with Crippen LogP contribution in [0.25, 0.3) is 16.8 Å². The Balaban J connectivity index is 1.71. The van der Waals surface area contributed by atoms with Crippen LogP contribution >= 0.6 is 0 Å². The molecule has 0 unspecified atom stereocenters. The third kappa shape index (κ3) is 3.07. The van der Waals surface area contributed by atoms with E-state index >= 15 is 0 Å². The van der Waals surface area contributed by atoms with Gasteiger partial charge in [0.25, 0.3) is 0 Å². The number of fused-ring (bicyclic) bond motifs is 1. The van der Waals surface area contributed by atoms with Crippen LogP contribution in [-0.4, -0.2) is 5.97 Å². The smallest absolute Gasteiger partial charge is 0.338 e. The Kier molecular flexibility index (Phi) is 4.01. The van der Waals surface area contributed by atoms with E-state index in [-0.39, 0.29) is 12.6 Å². The van der Waals surface area contributed by atoms with Crippen molar-refractivity contribution in [1.82, 2.24) is 0 Å². The van der Waals surface area contributed by atoms with E-state index in [2.05, 4.69) is 6.58 Å². The van der Waals surface area contributed by atoms with Gasteiger partial charge < -0.3 is 4.74 Å². The number of carbonyl (C=O) groups is 1. The zero-order valence-electron chi connectivity index (χ0n) is 12.2. The molecule has 3 aromatic rings. The van der Waals surface area contributed by atoms with Crippen LogP contribution in [0.3, 0.4) is 0 Å². The molecular weight excluding hydrogens is 272 g/mol. The van der Waals surface area contributed by atoms with E-state index in [9.17, 15) is 4.79 Å². The fraction of sp³-hybridized carbons (Fsp3) is 0.0500. The SMILES string of the molecule is C=Cc1ccc(COC(=O)c2ccc3ccccc3c2)cc1. The molecular formula is C20H16O2. The number of hydrogen-bond donors (Lipinski definition) is 0. The van der Waals surface area contributed by atoms with E-state index in [1.165, 1.54) is 0 Å². The molecule has 0 aliphatic rings. The van der Waals surface area contributed by atoms with Crippen molar-refractivity contribution in [2.45, 2.75) is 6.61 Å². The summed E-state index contributed by atoms with van der Waals surface area (Å²) in [5, 5.41) is 2.14. The molecule has 22 heavy (non-hydrogen) atoms. The highest BCUT2D eigenvalue weighted by Gasteiger charge is 2.08. The fourth-order valence-electron chi connectivity index (χ4n) is 2.30. The summed E-state index contributed by atoms with van der Waals surface area (Å²) in [5.41, 5.74) is 2.57. The third-order valence-corrected chi connectivity index (χ3v) is 3.57. The monoisotopic (exact) mass is 288 g/mol. The molecule has 0 saturated heterocycles. The number of hydrogen-bond acceptors (Lipinski definition) is 2.